The molecule has 0 aliphatic carbocycles. The van der Waals surface area contributed by atoms with Crippen molar-refractivity contribution in [1.82, 2.24) is 0 Å². The van der Waals surface area contributed by atoms with Crippen LogP contribution in [0.15, 0.2) is 18.2 Å². The number of rotatable bonds is 2. The van der Waals surface area contributed by atoms with Crippen molar-refractivity contribution in [2.45, 2.75) is 25.4 Å². The number of methoxy groups -OCH3 is 1. The van der Waals surface area contributed by atoms with E-state index in [9.17, 15) is 9.59 Å². The molecule has 2 amide bonds. The molecule has 0 spiro atoms. The fourth-order valence-corrected chi connectivity index (χ4v) is 2.80. The highest BCUT2D eigenvalue weighted by Crippen LogP contribution is 2.32. The molecule has 0 aromatic heterocycles. The Kier molecular flexibility index (Phi) is 3.79. The first-order chi connectivity index (χ1) is 10.2. The van der Waals surface area contributed by atoms with Crippen LogP contribution in [0.25, 0.3) is 0 Å². The van der Waals surface area contributed by atoms with Gasteiger partial charge in [0.15, 0.2) is 0 Å². The quantitative estimate of drug-likeness (QED) is 0.903. The molecule has 1 atom stereocenters. The van der Waals surface area contributed by atoms with E-state index in [0.29, 0.717) is 18.8 Å². The van der Waals surface area contributed by atoms with Gasteiger partial charge in [-0.1, -0.05) is 6.07 Å². The number of amides is 2. The molecule has 6 heteroatoms. The van der Waals surface area contributed by atoms with E-state index in [4.69, 9.17) is 4.74 Å². The first kappa shape index (κ1) is 13.9. The summed E-state index contributed by atoms with van der Waals surface area (Å²) in [5, 5.41) is 2.62. The summed E-state index contributed by atoms with van der Waals surface area (Å²) in [7, 11) is 1.32. The number of anilines is 2. The lowest BCUT2D eigenvalue weighted by atomic mass is 10.1. The normalized spacial score (nSPS) is 20.2. The van der Waals surface area contributed by atoms with Crippen LogP contribution in [0.2, 0.25) is 0 Å². The second-order valence-corrected chi connectivity index (χ2v) is 5.20. The van der Waals surface area contributed by atoms with Crippen LogP contribution >= 0.6 is 0 Å². The second kappa shape index (κ2) is 5.73. The summed E-state index contributed by atoms with van der Waals surface area (Å²) < 4.78 is 10.1. The molecule has 2 heterocycles. The van der Waals surface area contributed by atoms with E-state index in [-0.39, 0.29) is 12.0 Å². The summed E-state index contributed by atoms with van der Waals surface area (Å²) in [5.41, 5.74) is 2.58. The van der Waals surface area contributed by atoms with Crippen LogP contribution in [-0.4, -0.2) is 38.4 Å². The number of nitrogens with zero attached hydrogens (tertiary/aromatic N) is 1. The lowest BCUT2D eigenvalue weighted by molar-refractivity contribution is -0.127. The Labute approximate surface area is 123 Å². The maximum Gasteiger partial charge on any atom is 0.411 e. The van der Waals surface area contributed by atoms with E-state index in [2.05, 4.69) is 10.1 Å². The molecule has 2 aliphatic rings. The molecule has 1 aromatic carbocycles. The van der Waals surface area contributed by atoms with Gasteiger partial charge in [-0.05, 0) is 37.0 Å². The van der Waals surface area contributed by atoms with Gasteiger partial charge in [-0.25, -0.2) is 4.79 Å². The van der Waals surface area contributed by atoms with Crippen LogP contribution in [0.1, 0.15) is 18.4 Å². The molecule has 6 nitrogen and oxygen atoms in total. The van der Waals surface area contributed by atoms with E-state index in [1.54, 1.807) is 4.90 Å². The Balaban J connectivity index is 1.81. The lowest BCUT2D eigenvalue weighted by Crippen LogP contribution is -2.37. The molecule has 1 unspecified atom stereocenters. The third-order valence-corrected chi connectivity index (χ3v) is 3.88. The topological polar surface area (TPSA) is 67.9 Å². The molecular formula is C15H18N2O4. The van der Waals surface area contributed by atoms with Gasteiger partial charge in [0, 0.05) is 24.5 Å². The molecule has 3 rings (SSSR count). The Bertz CT molecular complexity index is 567. The van der Waals surface area contributed by atoms with Gasteiger partial charge in [0.1, 0.15) is 6.10 Å². The molecule has 21 heavy (non-hydrogen) atoms. The highest BCUT2D eigenvalue weighted by molar-refractivity contribution is 5.99. The standard InChI is InChI=1S/C15H18N2O4/c1-20-15(19)16-11-5-4-10-6-7-17(12(10)9-11)14(18)13-3-2-8-21-13/h4-5,9,13H,2-3,6-8H2,1H3,(H,16,19). The number of nitrogens with one attached hydrogen (secondary N) is 1. The van der Waals surface area contributed by atoms with E-state index in [1.165, 1.54) is 7.11 Å². The molecule has 1 fully saturated rings. The Morgan fingerprint density at radius 3 is 3.00 bits per heavy atom. The summed E-state index contributed by atoms with van der Waals surface area (Å²) in [6.07, 6.45) is 1.69. The highest BCUT2D eigenvalue weighted by Gasteiger charge is 2.32. The van der Waals surface area contributed by atoms with Crippen LogP contribution in [0.5, 0.6) is 0 Å². The first-order valence-corrected chi connectivity index (χ1v) is 7.10. The van der Waals surface area contributed by atoms with Gasteiger partial charge in [0.05, 0.1) is 7.11 Å². The van der Waals surface area contributed by atoms with E-state index in [0.717, 1.165) is 30.5 Å². The zero-order valence-electron chi connectivity index (χ0n) is 11.9. The maximum atomic E-state index is 12.5. The van der Waals surface area contributed by atoms with Crippen molar-refractivity contribution in [3.63, 3.8) is 0 Å². The van der Waals surface area contributed by atoms with Crippen LogP contribution in [-0.2, 0) is 20.7 Å². The smallest absolute Gasteiger partial charge is 0.411 e. The number of benzene rings is 1. The summed E-state index contributed by atoms with van der Waals surface area (Å²) in [5.74, 6) is 0.0152. The van der Waals surface area contributed by atoms with Gasteiger partial charge >= 0.3 is 6.09 Å². The van der Waals surface area contributed by atoms with Crippen LogP contribution in [0.4, 0.5) is 16.2 Å². The molecule has 0 bridgehead atoms. The Morgan fingerprint density at radius 2 is 2.29 bits per heavy atom. The van der Waals surface area contributed by atoms with E-state index >= 15 is 0 Å². The van der Waals surface area contributed by atoms with Crippen molar-refractivity contribution in [3.8, 4) is 0 Å². The number of ether oxygens (including phenoxy) is 2. The highest BCUT2D eigenvalue weighted by atomic mass is 16.5. The summed E-state index contributed by atoms with van der Waals surface area (Å²) in [6.45, 7) is 1.32. The van der Waals surface area contributed by atoms with Crippen LogP contribution < -0.4 is 10.2 Å². The summed E-state index contributed by atoms with van der Waals surface area (Å²) in [6, 6.07) is 5.56. The number of carbonyl (C=O) groups excluding carboxylic acids is 2. The van der Waals surface area contributed by atoms with Crippen molar-refractivity contribution in [2.75, 3.05) is 30.5 Å². The Morgan fingerprint density at radius 1 is 1.43 bits per heavy atom. The van der Waals surface area contributed by atoms with Gasteiger partial charge in [-0.15, -0.1) is 0 Å². The molecule has 0 radical (unpaired) electrons. The van der Waals surface area contributed by atoms with Crippen molar-refractivity contribution in [3.05, 3.63) is 23.8 Å². The van der Waals surface area contributed by atoms with Crippen molar-refractivity contribution in [2.24, 2.45) is 0 Å². The third kappa shape index (κ3) is 2.71. The third-order valence-electron chi connectivity index (χ3n) is 3.88. The first-order valence-electron chi connectivity index (χ1n) is 7.10. The number of hydrogen-bond donors (Lipinski definition) is 1. The zero-order chi connectivity index (χ0) is 14.8. The van der Waals surface area contributed by atoms with Gasteiger partial charge in [0.2, 0.25) is 0 Å². The van der Waals surface area contributed by atoms with Crippen molar-refractivity contribution >= 4 is 23.4 Å². The molecule has 2 aliphatic heterocycles. The van der Waals surface area contributed by atoms with Gasteiger partial charge in [-0.2, -0.15) is 0 Å². The lowest BCUT2D eigenvalue weighted by Gasteiger charge is -2.21. The minimum atomic E-state index is -0.523. The van der Waals surface area contributed by atoms with E-state index < -0.39 is 6.09 Å². The fraction of sp³-hybridized carbons (Fsp3) is 0.467. The van der Waals surface area contributed by atoms with Crippen LogP contribution in [0.3, 0.4) is 0 Å². The summed E-state index contributed by atoms with van der Waals surface area (Å²) in [4.78, 5) is 25.5. The number of hydrogen-bond acceptors (Lipinski definition) is 4. The van der Waals surface area contributed by atoms with Crippen molar-refractivity contribution in [1.29, 1.82) is 0 Å². The van der Waals surface area contributed by atoms with Gasteiger partial charge < -0.3 is 14.4 Å². The molecule has 1 aromatic rings. The SMILES string of the molecule is COC(=O)Nc1ccc2c(c1)N(C(=O)C1CCCO1)CC2. The fourth-order valence-electron chi connectivity index (χ4n) is 2.80. The molecule has 1 N–H and O–H groups in total. The van der Waals surface area contributed by atoms with E-state index in [1.807, 2.05) is 18.2 Å². The maximum absolute atomic E-state index is 12.5. The van der Waals surface area contributed by atoms with Gasteiger partial charge in [-0.3, -0.25) is 10.1 Å². The van der Waals surface area contributed by atoms with Crippen LogP contribution in [0, 0.1) is 0 Å². The average molecular weight is 290 g/mol. The van der Waals surface area contributed by atoms with Crippen molar-refractivity contribution < 1.29 is 19.1 Å². The molecule has 0 saturated carbocycles. The van der Waals surface area contributed by atoms with Gasteiger partial charge in [0.25, 0.3) is 5.91 Å². The summed E-state index contributed by atoms with van der Waals surface area (Å²) >= 11 is 0. The predicted molar refractivity (Wildman–Crippen MR) is 77.5 cm³/mol. The second-order valence-electron chi connectivity index (χ2n) is 5.20. The predicted octanol–water partition coefficient (Wildman–Crippen LogP) is 1.93. The minimum absolute atomic E-state index is 0.0152. The minimum Gasteiger partial charge on any atom is -0.453 e. The zero-order valence-corrected chi connectivity index (χ0v) is 11.9. The Hall–Kier alpha value is -2.08. The molecular weight excluding hydrogens is 272 g/mol. The number of carbonyl (C=O) groups is 2. The largest absolute Gasteiger partial charge is 0.453 e. The molecule has 1 saturated heterocycles. The molecule has 112 valence electrons. The average Bonchev–Trinajstić information content (AvgIpc) is 3.15. The monoisotopic (exact) mass is 290 g/mol. The number of fused-ring (bicyclic) bond motifs is 1.